The SMILES string of the molecule is Cc1c(OC(=O)c2ccncc2)ccc2c1O/C(=C\c1ccccc1Br)C2=O. The molecule has 0 saturated heterocycles. The van der Waals surface area contributed by atoms with Gasteiger partial charge in [-0.2, -0.15) is 0 Å². The van der Waals surface area contributed by atoms with Gasteiger partial charge in [-0.25, -0.2) is 4.79 Å². The minimum atomic E-state index is -0.501. The summed E-state index contributed by atoms with van der Waals surface area (Å²) in [7, 11) is 0. The average Bonchev–Trinajstić information content (AvgIpc) is 3.03. The van der Waals surface area contributed by atoms with Crippen LogP contribution in [0, 0.1) is 6.92 Å². The van der Waals surface area contributed by atoms with E-state index in [1.165, 1.54) is 12.4 Å². The lowest BCUT2D eigenvalue weighted by Crippen LogP contribution is -2.09. The fraction of sp³-hybridized carbons (Fsp3) is 0.0455. The van der Waals surface area contributed by atoms with Gasteiger partial charge in [0, 0.05) is 22.4 Å². The number of aromatic nitrogens is 1. The van der Waals surface area contributed by atoms with Crippen LogP contribution >= 0.6 is 15.9 Å². The van der Waals surface area contributed by atoms with E-state index >= 15 is 0 Å². The van der Waals surface area contributed by atoms with E-state index in [0.717, 1.165) is 10.0 Å². The van der Waals surface area contributed by atoms with E-state index in [-0.39, 0.29) is 11.5 Å². The summed E-state index contributed by atoms with van der Waals surface area (Å²) in [5.41, 5.74) is 2.25. The van der Waals surface area contributed by atoms with E-state index in [2.05, 4.69) is 20.9 Å². The van der Waals surface area contributed by atoms with Crippen molar-refractivity contribution in [2.24, 2.45) is 0 Å². The van der Waals surface area contributed by atoms with Crippen LogP contribution in [0.5, 0.6) is 11.5 Å². The maximum absolute atomic E-state index is 12.7. The number of hydrogen-bond donors (Lipinski definition) is 0. The molecule has 5 nitrogen and oxygen atoms in total. The first-order chi connectivity index (χ1) is 13.5. The zero-order chi connectivity index (χ0) is 19.7. The predicted octanol–water partition coefficient (Wildman–Crippen LogP) is 4.99. The van der Waals surface area contributed by atoms with E-state index in [1.54, 1.807) is 37.3 Å². The van der Waals surface area contributed by atoms with Gasteiger partial charge in [-0.1, -0.05) is 34.1 Å². The summed E-state index contributed by atoms with van der Waals surface area (Å²) < 4.78 is 12.2. The number of halogens is 1. The molecule has 0 saturated carbocycles. The van der Waals surface area contributed by atoms with Gasteiger partial charge >= 0.3 is 5.97 Å². The lowest BCUT2D eigenvalue weighted by atomic mass is 10.1. The van der Waals surface area contributed by atoms with Gasteiger partial charge < -0.3 is 9.47 Å². The first-order valence-electron chi connectivity index (χ1n) is 8.49. The number of allylic oxidation sites excluding steroid dienone is 1. The molecule has 2 heterocycles. The number of ether oxygens (including phenoxy) is 2. The number of carbonyl (C=O) groups excluding carboxylic acids is 2. The molecule has 1 aliphatic rings. The van der Waals surface area contributed by atoms with Crippen LogP contribution in [0.15, 0.2) is 71.2 Å². The molecule has 28 heavy (non-hydrogen) atoms. The smallest absolute Gasteiger partial charge is 0.343 e. The van der Waals surface area contributed by atoms with Crippen LogP contribution in [0.25, 0.3) is 6.08 Å². The Morgan fingerprint density at radius 3 is 2.61 bits per heavy atom. The van der Waals surface area contributed by atoms with Crippen LogP contribution < -0.4 is 9.47 Å². The molecule has 1 aromatic heterocycles. The van der Waals surface area contributed by atoms with Gasteiger partial charge in [0.25, 0.3) is 0 Å². The van der Waals surface area contributed by atoms with Gasteiger partial charge in [-0.15, -0.1) is 0 Å². The summed E-state index contributed by atoms with van der Waals surface area (Å²) in [5.74, 6) is 0.265. The Bertz CT molecular complexity index is 1120. The van der Waals surface area contributed by atoms with E-state index in [1.807, 2.05) is 24.3 Å². The third-order valence-corrected chi connectivity index (χ3v) is 5.07. The molecule has 0 spiro atoms. The minimum absolute atomic E-state index is 0.208. The van der Waals surface area contributed by atoms with Crippen molar-refractivity contribution >= 4 is 33.8 Å². The number of nitrogens with zero attached hydrogens (tertiary/aromatic N) is 1. The molecular formula is C22H14BrNO4. The van der Waals surface area contributed by atoms with Gasteiger partial charge in [-0.3, -0.25) is 9.78 Å². The molecule has 4 rings (SSSR count). The third-order valence-electron chi connectivity index (χ3n) is 4.35. The number of rotatable bonds is 3. The van der Waals surface area contributed by atoms with Crippen molar-refractivity contribution in [3.05, 3.63) is 93.4 Å². The van der Waals surface area contributed by atoms with E-state index in [4.69, 9.17) is 9.47 Å². The first-order valence-corrected chi connectivity index (χ1v) is 9.28. The number of hydrogen-bond acceptors (Lipinski definition) is 5. The van der Waals surface area contributed by atoms with Crippen LogP contribution in [0.3, 0.4) is 0 Å². The van der Waals surface area contributed by atoms with Gasteiger partial charge in [-0.05, 0) is 48.9 Å². The molecule has 1 aliphatic heterocycles. The van der Waals surface area contributed by atoms with Crippen LogP contribution in [0.4, 0.5) is 0 Å². The number of esters is 1. The number of benzene rings is 2. The lowest BCUT2D eigenvalue weighted by molar-refractivity contribution is 0.0733. The maximum atomic E-state index is 12.7. The Morgan fingerprint density at radius 1 is 1.11 bits per heavy atom. The molecule has 0 fully saturated rings. The van der Waals surface area contributed by atoms with Crippen LogP contribution in [-0.4, -0.2) is 16.7 Å². The molecule has 0 aliphatic carbocycles. The van der Waals surface area contributed by atoms with Crippen molar-refractivity contribution in [3.63, 3.8) is 0 Å². The Kier molecular flexibility index (Phi) is 4.79. The molecule has 0 amide bonds. The number of Topliss-reactive ketones (excluding diaryl/α,β-unsaturated/α-hetero) is 1. The highest BCUT2D eigenvalue weighted by molar-refractivity contribution is 9.10. The highest BCUT2D eigenvalue weighted by Gasteiger charge is 2.30. The predicted molar refractivity (Wildman–Crippen MR) is 107 cm³/mol. The summed E-state index contributed by atoms with van der Waals surface area (Å²) in [6, 6.07) is 13.9. The zero-order valence-electron chi connectivity index (χ0n) is 14.8. The minimum Gasteiger partial charge on any atom is -0.452 e. The molecule has 0 bridgehead atoms. The fourth-order valence-electron chi connectivity index (χ4n) is 2.86. The lowest BCUT2D eigenvalue weighted by Gasteiger charge is -2.10. The monoisotopic (exact) mass is 435 g/mol. The number of carbonyl (C=O) groups is 2. The van der Waals surface area contributed by atoms with Crippen molar-refractivity contribution in [2.75, 3.05) is 0 Å². The molecule has 0 N–H and O–H groups in total. The van der Waals surface area contributed by atoms with Gasteiger partial charge in [0.05, 0.1) is 11.1 Å². The Labute approximate surface area is 169 Å². The van der Waals surface area contributed by atoms with E-state index in [9.17, 15) is 9.59 Å². The van der Waals surface area contributed by atoms with E-state index < -0.39 is 5.97 Å². The molecule has 0 unspecified atom stereocenters. The quantitative estimate of drug-likeness (QED) is 0.329. The first kappa shape index (κ1) is 18.1. The molecule has 0 radical (unpaired) electrons. The average molecular weight is 436 g/mol. The van der Waals surface area contributed by atoms with Gasteiger partial charge in [0.2, 0.25) is 5.78 Å². The van der Waals surface area contributed by atoms with Crippen molar-refractivity contribution < 1.29 is 19.1 Å². The Balaban J connectivity index is 1.64. The second-order valence-electron chi connectivity index (χ2n) is 6.15. The van der Waals surface area contributed by atoms with Crippen molar-refractivity contribution in [1.29, 1.82) is 0 Å². The van der Waals surface area contributed by atoms with Crippen LogP contribution in [0.1, 0.15) is 31.8 Å². The Hall–Kier alpha value is -3.25. The highest BCUT2D eigenvalue weighted by Crippen LogP contribution is 2.39. The highest BCUT2D eigenvalue weighted by atomic mass is 79.9. The third kappa shape index (κ3) is 3.34. The molecular weight excluding hydrogens is 422 g/mol. The second kappa shape index (κ2) is 7.40. The summed E-state index contributed by atoms with van der Waals surface area (Å²) in [4.78, 5) is 28.9. The van der Waals surface area contributed by atoms with Crippen LogP contribution in [-0.2, 0) is 0 Å². The van der Waals surface area contributed by atoms with Gasteiger partial charge in [0.1, 0.15) is 11.5 Å². The molecule has 3 aromatic rings. The number of ketones is 1. The zero-order valence-corrected chi connectivity index (χ0v) is 16.4. The largest absolute Gasteiger partial charge is 0.452 e. The second-order valence-corrected chi connectivity index (χ2v) is 7.01. The van der Waals surface area contributed by atoms with Crippen molar-refractivity contribution in [2.45, 2.75) is 6.92 Å². The normalized spacial score (nSPS) is 13.9. The maximum Gasteiger partial charge on any atom is 0.343 e. The standard InChI is InChI=1S/C22H14BrNO4/c1-13-18(28-22(26)14-8-10-24-11-9-14)7-6-16-20(25)19(27-21(13)16)12-15-4-2-3-5-17(15)23/h2-12H,1H3/b19-12-. The summed E-state index contributed by atoms with van der Waals surface area (Å²) >= 11 is 3.46. The number of pyridine rings is 1. The summed E-state index contributed by atoms with van der Waals surface area (Å²) in [6.45, 7) is 1.75. The summed E-state index contributed by atoms with van der Waals surface area (Å²) in [5, 5.41) is 0. The molecule has 2 aromatic carbocycles. The van der Waals surface area contributed by atoms with Crippen LogP contribution in [0.2, 0.25) is 0 Å². The number of fused-ring (bicyclic) bond motifs is 1. The molecule has 0 atom stereocenters. The topological polar surface area (TPSA) is 65.5 Å². The fourth-order valence-corrected chi connectivity index (χ4v) is 3.26. The molecule has 138 valence electrons. The van der Waals surface area contributed by atoms with Gasteiger partial charge in [0.15, 0.2) is 5.76 Å². The van der Waals surface area contributed by atoms with E-state index in [0.29, 0.717) is 28.2 Å². The van der Waals surface area contributed by atoms with Crippen molar-refractivity contribution in [1.82, 2.24) is 4.98 Å². The molecule has 6 heteroatoms. The Morgan fingerprint density at radius 2 is 1.86 bits per heavy atom. The summed E-state index contributed by atoms with van der Waals surface area (Å²) in [6.07, 6.45) is 4.73. The van der Waals surface area contributed by atoms with Crippen molar-refractivity contribution in [3.8, 4) is 11.5 Å².